The number of halogens is 2. The van der Waals surface area contributed by atoms with E-state index in [0.717, 1.165) is 55.5 Å². The molecular weight excluding hydrogens is 745 g/mol. The van der Waals surface area contributed by atoms with Crippen molar-refractivity contribution in [3.05, 3.63) is 88.2 Å². The molecule has 3 aromatic heterocycles. The highest BCUT2D eigenvalue weighted by atomic mass is 19.1. The lowest BCUT2D eigenvalue weighted by Crippen LogP contribution is -2.46. The van der Waals surface area contributed by atoms with Crippen molar-refractivity contribution in [1.29, 1.82) is 0 Å². The molecule has 58 heavy (non-hydrogen) atoms. The second-order valence-electron chi connectivity index (χ2n) is 16.5. The van der Waals surface area contributed by atoms with Gasteiger partial charge in [0.25, 0.3) is 5.91 Å². The molecule has 9 rings (SSSR count). The lowest BCUT2D eigenvalue weighted by Gasteiger charge is -2.34. The van der Waals surface area contributed by atoms with E-state index in [0.29, 0.717) is 72.5 Å². The van der Waals surface area contributed by atoms with Crippen LogP contribution >= 0.6 is 0 Å². The van der Waals surface area contributed by atoms with Gasteiger partial charge in [-0.3, -0.25) is 39.8 Å². The number of imide groups is 1. The van der Waals surface area contributed by atoms with E-state index in [4.69, 9.17) is 14.7 Å². The first kappa shape index (κ1) is 38.0. The van der Waals surface area contributed by atoms with Gasteiger partial charge in [-0.1, -0.05) is 13.0 Å². The van der Waals surface area contributed by atoms with Crippen molar-refractivity contribution in [1.82, 2.24) is 39.4 Å². The van der Waals surface area contributed by atoms with Crippen LogP contribution in [0.2, 0.25) is 0 Å². The minimum absolute atomic E-state index is 0.0599. The number of piperazine rings is 1. The van der Waals surface area contributed by atoms with E-state index >= 15 is 8.78 Å². The maximum absolute atomic E-state index is 15.2. The molecule has 1 unspecified atom stereocenters. The van der Waals surface area contributed by atoms with Gasteiger partial charge in [-0.25, -0.2) is 18.4 Å². The fourth-order valence-electron chi connectivity index (χ4n) is 9.32. The van der Waals surface area contributed by atoms with Crippen LogP contribution in [0.5, 0.6) is 5.88 Å². The molecule has 3 fully saturated rings. The first-order valence-corrected chi connectivity index (χ1v) is 20.2. The molecule has 0 saturated carbocycles. The van der Waals surface area contributed by atoms with E-state index in [2.05, 4.69) is 49.2 Å². The number of amides is 3. The first-order chi connectivity index (χ1) is 28.0. The van der Waals surface area contributed by atoms with Crippen molar-refractivity contribution in [2.24, 2.45) is 13.0 Å². The number of nitrogens with one attached hydrogen (secondary N) is 2. The number of rotatable bonds is 6. The van der Waals surface area contributed by atoms with Crippen molar-refractivity contribution >= 4 is 34.7 Å². The molecule has 0 aliphatic carbocycles. The van der Waals surface area contributed by atoms with Crippen LogP contribution in [0.25, 0.3) is 22.3 Å². The number of likely N-dealkylation sites (tertiary alicyclic amines) is 2. The standard InChI is InChI=1S/C43H47F2N9O4/c1-24-5-4-12-58-42-32(19-46-51(42)3)36-17-28(13-25(2)47-36)40(56)50-43-48-35-8-6-27(16-37(35)54(43)20-24)21-53-23-29-18-30(53)22-52(29)11-10-26-14-33(44)39(34(45)15-26)31-7-9-38(55)49-41(31)57/h6,8,13-17,19,24,29-31H,4-5,7,9-12,18,20-23H2,1-3H3,(H,48,50,56)(H,49,55,57)/t24-,29+,30+,31?/m1/s1. The van der Waals surface area contributed by atoms with Crippen LogP contribution in [0.3, 0.4) is 0 Å². The van der Waals surface area contributed by atoms with Crippen molar-refractivity contribution in [2.45, 2.75) is 83.5 Å². The fraction of sp³-hybridized carbons (Fsp3) is 0.442. The molecule has 5 aromatic rings. The van der Waals surface area contributed by atoms with Gasteiger partial charge >= 0.3 is 0 Å². The van der Waals surface area contributed by atoms with Crippen LogP contribution in [-0.4, -0.2) is 90.2 Å². The predicted octanol–water partition coefficient (Wildman–Crippen LogP) is 5.50. The second-order valence-corrected chi connectivity index (χ2v) is 16.5. The topological polar surface area (TPSA) is 140 Å². The Morgan fingerprint density at radius 1 is 0.914 bits per heavy atom. The summed E-state index contributed by atoms with van der Waals surface area (Å²) in [7, 11) is 1.84. The summed E-state index contributed by atoms with van der Waals surface area (Å²) in [6.07, 6.45) is 5.16. The largest absolute Gasteiger partial charge is 0.477 e. The lowest BCUT2D eigenvalue weighted by atomic mass is 9.89. The van der Waals surface area contributed by atoms with Crippen LogP contribution < -0.4 is 15.4 Å². The number of imidazole rings is 1. The molecule has 3 amide bonds. The summed E-state index contributed by atoms with van der Waals surface area (Å²) < 4.78 is 40.4. The van der Waals surface area contributed by atoms with Crippen LogP contribution in [0.4, 0.5) is 14.7 Å². The van der Waals surface area contributed by atoms with E-state index in [1.165, 1.54) is 17.7 Å². The molecule has 4 bridgehead atoms. The normalized spacial score (nSPS) is 22.9. The lowest BCUT2D eigenvalue weighted by molar-refractivity contribution is -0.134. The molecule has 2 aromatic carbocycles. The van der Waals surface area contributed by atoms with Crippen molar-refractivity contribution in [2.75, 3.05) is 31.6 Å². The third-order valence-corrected chi connectivity index (χ3v) is 12.3. The Morgan fingerprint density at radius 2 is 1.71 bits per heavy atom. The van der Waals surface area contributed by atoms with Crippen molar-refractivity contribution < 1.29 is 27.9 Å². The molecule has 7 heterocycles. The number of anilines is 1. The van der Waals surface area contributed by atoms with Gasteiger partial charge in [-0.15, -0.1) is 0 Å². The molecule has 15 heteroatoms. The molecule has 4 atom stereocenters. The Kier molecular flexibility index (Phi) is 10.0. The minimum atomic E-state index is -1.00. The van der Waals surface area contributed by atoms with Gasteiger partial charge < -0.3 is 9.30 Å². The number of hydrogen-bond acceptors (Lipinski definition) is 9. The molecule has 4 aliphatic heterocycles. The Hall–Kier alpha value is -5.54. The molecule has 4 aliphatic rings. The van der Waals surface area contributed by atoms with E-state index in [1.807, 2.05) is 20.0 Å². The van der Waals surface area contributed by atoms with E-state index < -0.39 is 29.4 Å². The van der Waals surface area contributed by atoms with E-state index in [-0.39, 0.29) is 30.2 Å². The van der Waals surface area contributed by atoms with Gasteiger partial charge in [-0.2, -0.15) is 5.10 Å². The summed E-state index contributed by atoms with van der Waals surface area (Å²) in [6.45, 7) is 8.50. The predicted molar refractivity (Wildman–Crippen MR) is 212 cm³/mol. The fourth-order valence-corrected chi connectivity index (χ4v) is 9.32. The summed E-state index contributed by atoms with van der Waals surface area (Å²) in [6, 6.07) is 13.3. The van der Waals surface area contributed by atoms with Crippen LogP contribution in [0.15, 0.2) is 48.7 Å². The SMILES string of the molecule is Cc1cc2cc(n1)-c1cnn(C)c1OCCC[C@@H](C)Cn1c(nc3ccc(CN4C[C@@H]5C[C@H]4CN5CCc4cc(F)c(C5CCC(=O)NC5=O)c(F)c4)cc31)NC2=O. The number of benzene rings is 2. The highest BCUT2D eigenvalue weighted by Gasteiger charge is 2.42. The number of ether oxygens (including phenoxy) is 1. The third kappa shape index (κ3) is 7.37. The highest BCUT2D eigenvalue weighted by Crippen LogP contribution is 2.35. The molecule has 13 nitrogen and oxygen atoms in total. The second kappa shape index (κ2) is 15.3. The Balaban J connectivity index is 0.885. The minimum Gasteiger partial charge on any atom is -0.477 e. The van der Waals surface area contributed by atoms with E-state index in [1.54, 1.807) is 23.0 Å². The zero-order valence-corrected chi connectivity index (χ0v) is 32.9. The average Bonchev–Trinajstić information content (AvgIpc) is 3.95. The quantitative estimate of drug-likeness (QED) is 0.214. The zero-order valence-electron chi connectivity index (χ0n) is 32.9. The van der Waals surface area contributed by atoms with Crippen molar-refractivity contribution in [3.63, 3.8) is 0 Å². The number of carbonyl (C=O) groups excluding carboxylic acids is 3. The van der Waals surface area contributed by atoms with Gasteiger partial charge in [0, 0.05) is 75.1 Å². The maximum Gasteiger partial charge on any atom is 0.258 e. The Labute approximate surface area is 334 Å². The van der Waals surface area contributed by atoms with Gasteiger partial charge in [0.1, 0.15) is 11.6 Å². The van der Waals surface area contributed by atoms with Gasteiger partial charge in [0.2, 0.25) is 23.6 Å². The number of carbonyl (C=O) groups is 3. The van der Waals surface area contributed by atoms with Crippen molar-refractivity contribution in [3.8, 4) is 17.1 Å². The number of piperidine rings is 1. The van der Waals surface area contributed by atoms with Crippen LogP contribution in [0, 0.1) is 24.5 Å². The molecule has 302 valence electrons. The summed E-state index contributed by atoms with van der Waals surface area (Å²) in [4.78, 5) is 52.2. The smallest absolute Gasteiger partial charge is 0.258 e. The first-order valence-electron chi connectivity index (χ1n) is 20.2. The third-order valence-electron chi connectivity index (χ3n) is 12.3. The van der Waals surface area contributed by atoms with Crippen LogP contribution in [-0.2, 0) is 36.1 Å². The Morgan fingerprint density at radius 3 is 2.48 bits per heavy atom. The molecule has 0 radical (unpaired) electrons. The van der Waals surface area contributed by atoms with Gasteiger partial charge in [0.15, 0.2) is 0 Å². The van der Waals surface area contributed by atoms with Gasteiger partial charge in [-0.05, 0) is 92.5 Å². The molecule has 0 spiro atoms. The average molecular weight is 792 g/mol. The number of pyridine rings is 1. The summed E-state index contributed by atoms with van der Waals surface area (Å²) in [5.74, 6) is -2.41. The summed E-state index contributed by atoms with van der Waals surface area (Å²) >= 11 is 0. The number of nitrogens with zero attached hydrogens (tertiary/aromatic N) is 7. The number of aromatic nitrogens is 5. The number of fused-ring (bicyclic) bond motifs is 9. The van der Waals surface area contributed by atoms with E-state index in [9.17, 15) is 14.4 Å². The number of hydrogen-bond donors (Lipinski definition) is 2. The molecule has 2 N–H and O–H groups in total. The van der Waals surface area contributed by atoms with Gasteiger partial charge in [0.05, 0.1) is 41.0 Å². The van der Waals surface area contributed by atoms with Crippen LogP contribution in [0.1, 0.15) is 77.7 Å². The summed E-state index contributed by atoms with van der Waals surface area (Å²) in [5, 5.41) is 9.72. The monoisotopic (exact) mass is 791 g/mol. The molecule has 3 saturated heterocycles. The Bertz CT molecular complexity index is 2420. The summed E-state index contributed by atoms with van der Waals surface area (Å²) in [5.41, 5.74) is 5.79. The maximum atomic E-state index is 15.2. The molecular formula is C43H47F2N9O4. The highest BCUT2D eigenvalue weighted by molar-refractivity contribution is 6.05. The number of aryl methyl sites for hydroxylation is 2. The zero-order chi connectivity index (χ0) is 40.2.